The van der Waals surface area contributed by atoms with Gasteiger partial charge in [-0.05, 0) is 93.8 Å². The highest BCUT2D eigenvalue weighted by Crippen LogP contribution is 2.37. The Balaban J connectivity index is 1.52. The molecule has 0 aliphatic carbocycles. The number of aromatic amines is 1. The summed E-state index contributed by atoms with van der Waals surface area (Å²) in [4.78, 5) is 8.65. The smallest absolute Gasteiger partial charge is 0.161 e. The van der Waals surface area contributed by atoms with Crippen molar-refractivity contribution in [3.05, 3.63) is 47.5 Å². The topological polar surface area (TPSA) is 40.7 Å². The zero-order chi connectivity index (χ0) is 22.7. The Bertz CT molecular complexity index is 1050. The minimum absolute atomic E-state index is 0.651. The van der Waals surface area contributed by atoms with Gasteiger partial charge in [0.25, 0.3) is 0 Å². The number of piperidine rings is 1. The van der Waals surface area contributed by atoms with Crippen LogP contribution >= 0.6 is 0 Å². The summed E-state index contributed by atoms with van der Waals surface area (Å²) in [6, 6.07) is 13.1. The molecule has 5 nitrogen and oxygen atoms in total. The number of hydrogen-bond acceptors (Lipinski definition) is 4. The van der Waals surface area contributed by atoms with Crippen LogP contribution in [-0.4, -0.2) is 68.8 Å². The highest BCUT2D eigenvalue weighted by molar-refractivity contribution is 5.91. The summed E-state index contributed by atoms with van der Waals surface area (Å²) in [5, 5.41) is 1.32. The Hall–Kier alpha value is -2.50. The Morgan fingerprint density at radius 3 is 2.47 bits per heavy atom. The van der Waals surface area contributed by atoms with E-state index < -0.39 is 0 Å². The summed E-state index contributed by atoms with van der Waals surface area (Å²) in [5.41, 5.74) is 6.21. The molecule has 0 bridgehead atoms. The number of methoxy groups -OCH3 is 2. The zero-order valence-corrected chi connectivity index (χ0v) is 20.2. The normalized spacial score (nSPS) is 15.6. The standard InChI is InChI=1S/C27H37N3O2/c1-6-29(3)15-16-30-13-11-20(12-14-30)21-7-9-24-23(17-21)19(2)27(28-24)22-8-10-25(31-4)26(18-22)32-5/h7-10,17-18,20,28H,6,11-16H2,1-5H3. The number of likely N-dealkylation sites (N-methyl/N-ethyl adjacent to an activating group) is 1. The Morgan fingerprint density at radius 1 is 1.03 bits per heavy atom. The van der Waals surface area contributed by atoms with Gasteiger partial charge < -0.3 is 24.3 Å². The van der Waals surface area contributed by atoms with Crippen LogP contribution in [0.15, 0.2) is 36.4 Å². The summed E-state index contributed by atoms with van der Waals surface area (Å²) in [6.45, 7) is 10.3. The number of ether oxygens (including phenoxy) is 2. The predicted molar refractivity (Wildman–Crippen MR) is 133 cm³/mol. The number of rotatable bonds is 8. The number of aryl methyl sites for hydroxylation is 1. The number of nitrogens with zero attached hydrogens (tertiary/aromatic N) is 2. The number of nitrogens with one attached hydrogen (secondary N) is 1. The third-order valence-electron chi connectivity index (χ3n) is 7.15. The highest BCUT2D eigenvalue weighted by Gasteiger charge is 2.22. The number of hydrogen-bond donors (Lipinski definition) is 1. The van der Waals surface area contributed by atoms with E-state index in [2.05, 4.69) is 59.9 Å². The molecule has 1 aliphatic rings. The largest absolute Gasteiger partial charge is 0.493 e. The van der Waals surface area contributed by atoms with Gasteiger partial charge in [0.1, 0.15) is 0 Å². The zero-order valence-electron chi connectivity index (χ0n) is 20.2. The summed E-state index contributed by atoms with van der Waals surface area (Å²) in [5.74, 6) is 2.15. The molecule has 2 heterocycles. The molecule has 172 valence electrons. The highest BCUT2D eigenvalue weighted by atomic mass is 16.5. The number of fused-ring (bicyclic) bond motifs is 1. The van der Waals surface area contributed by atoms with Gasteiger partial charge in [-0.1, -0.05) is 13.0 Å². The molecule has 3 aromatic rings. The lowest BCUT2D eigenvalue weighted by molar-refractivity contribution is 0.187. The maximum atomic E-state index is 5.51. The van der Waals surface area contributed by atoms with E-state index in [9.17, 15) is 0 Å². The van der Waals surface area contributed by atoms with Gasteiger partial charge in [-0.3, -0.25) is 0 Å². The summed E-state index contributed by atoms with van der Waals surface area (Å²) < 4.78 is 10.9. The van der Waals surface area contributed by atoms with E-state index >= 15 is 0 Å². The fourth-order valence-electron chi connectivity index (χ4n) is 4.84. The summed E-state index contributed by atoms with van der Waals surface area (Å²) >= 11 is 0. The first-order valence-electron chi connectivity index (χ1n) is 11.8. The molecule has 0 spiro atoms. The van der Waals surface area contributed by atoms with Crippen molar-refractivity contribution in [1.82, 2.24) is 14.8 Å². The lowest BCUT2D eigenvalue weighted by atomic mass is 9.88. The minimum Gasteiger partial charge on any atom is -0.493 e. The third kappa shape index (κ3) is 4.64. The lowest BCUT2D eigenvalue weighted by Gasteiger charge is -2.33. The molecule has 1 N–H and O–H groups in total. The lowest BCUT2D eigenvalue weighted by Crippen LogP contribution is -2.38. The first-order valence-corrected chi connectivity index (χ1v) is 11.8. The quantitative estimate of drug-likeness (QED) is 0.522. The second-order valence-corrected chi connectivity index (χ2v) is 9.01. The number of aromatic nitrogens is 1. The van der Waals surface area contributed by atoms with E-state index in [4.69, 9.17) is 9.47 Å². The van der Waals surface area contributed by atoms with Gasteiger partial charge in [-0.15, -0.1) is 0 Å². The van der Waals surface area contributed by atoms with Gasteiger partial charge in [0.15, 0.2) is 11.5 Å². The van der Waals surface area contributed by atoms with Gasteiger partial charge in [0.05, 0.1) is 14.2 Å². The summed E-state index contributed by atoms with van der Waals surface area (Å²) in [7, 11) is 5.55. The van der Waals surface area contributed by atoms with Crippen LogP contribution in [-0.2, 0) is 0 Å². The molecule has 5 heteroatoms. The summed E-state index contributed by atoms with van der Waals surface area (Å²) in [6.07, 6.45) is 2.49. The third-order valence-corrected chi connectivity index (χ3v) is 7.15. The Morgan fingerprint density at radius 2 is 1.78 bits per heavy atom. The molecule has 0 radical (unpaired) electrons. The molecular weight excluding hydrogens is 398 g/mol. The SMILES string of the molecule is CCN(C)CCN1CCC(c2ccc3[nH]c(-c4ccc(OC)c(OC)c4)c(C)c3c2)CC1. The van der Waals surface area contributed by atoms with E-state index in [1.807, 2.05) is 12.1 Å². The fraction of sp³-hybridized carbons (Fsp3) is 0.481. The second kappa shape index (κ2) is 9.97. The number of H-pyrrole nitrogens is 1. The number of likely N-dealkylation sites (tertiary alicyclic amines) is 1. The van der Waals surface area contributed by atoms with Crippen LogP contribution in [0.25, 0.3) is 22.2 Å². The van der Waals surface area contributed by atoms with Crippen molar-refractivity contribution in [2.24, 2.45) is 0 Å². The molecule has 4 rings (SSSR count). The molecule has 1 aromatic heterocycles. The van der Waals surface area contributed by atoms with Gasteiger partial charge in [0.2, 0.25) is 0 Å². The maximum Gasteiger partial charge on any atom is 0.161 e. The van der Waals surface area contributed by atoms with Crippen molar-refractivity contribution in [1.29, 1.82) is 0 Å². The van der Waals surface area contributed by atoms with Crippen LogP contribution in [0.5, 0.6) is 11.5 Å². The molecule has 0 atom stereocenters. The molecule has 32 heavy (non-hydrogen) atoms. The first-order chi connectivity index (χ1) is 15.5. The van der Waals surface area contributed by atoms with E-state index in [1.165, 1.54) is 54.5 Å². The molecule has 1 fully saturated rings. The van der Waals surface area contributed by atoms with Crippen LogP contribution in [0.3, 0.4) is 0 Å². The van der Waals surface area contributed by atoms with Gasteiger partial charge in [0, 0.05) is 35.2 Å². The van der Waals surface area contributed by atoms with E-state index in [0.29, 0.717) is 5.92 Å². The van der Waals surface area contributed by atoms with Gasteiger partial charge in [-0.25, -0.2) is 0 Å². The van der Waals surface area contributed by atoms with Crippen molar-refractivity contribution in [3.63, 3.8) is 0 Å². The van der Waals surface area contributed by atoms with Crippen LogP contribution in [0.2, 0.25) is 0 Å². The van der Waals surface area contributed by atoms with Crippen LogP contribution < -0.4 is 9.47 Å². The average molecular weight is 436 g/mol. The maximum absolute atomic E-state index is 5.51. The second-order valence-electron chi connectivity index (χ2n) is 9.01. The first kappa shape index (κ1) is 22.7. The molecule has 0 unspecified atom stereocenters. The van der Waals surface area contributed by atoms with Crippen molar-refractivity contribution in [2.75, 3.05) is 54.0 Å². The van der Waals surface area contributed by atoms with E-state index in [0.717, 1.165) is 35.8 Å². The minimum atomic E-state index is 0.651. The fourth-order valence-corrected chi connectivity index (χ4v) is 4.84. The molecule has 0 amide bonds. The Kier molecular flexibility index (Phi) is 7.07. The molecule has 1 aliphatic heterocycles. The van der Waals surface area contributed by atoms with Crippen molar-refractivity contribution in [3.8, 4) is 22.8 Å². The van der Waals surface area contributed by atoms with Crippen LogP contribution in [0.4, 0.5) is 0 Å². The number of benzene rings is 2. The van der Waals surface area contributed by atoms with E-state index in [1.54, 1.807) is 14.2 Å². The van der Waals surface area contributed by atoms with Crippen molar-refractivity contribution >= 4 is 10.9 Å². The average Bonchev–Trinajstić information content (AvgIpc) is 3.18. The van der Waals surface area contributed by atoms with E-state index in [-0.39, 0.29) is 0 Å². The molecule has 0 saturated carbocycles. The van der Waals surface area contributed by atoms with Crippen LogP contribution in [0, 0.1) is 6.92 Å². The Labute approximate surface area is 192 Å². The molecule has 1 saturated heterocycles. The van der Waals surface area contributed by atoms with Crippen molar-refractivity contribution < 1.29 is 9.47 Å². The van der Waals surface area contributed by atoms with Gasteiger partial charge >= 0.3 is 0 Å². The molecule has 2 aromatic carbocycles. The van der Waals surface area contributed by atoms with Crippen molar-refractivity contribution in [2.45, 2.75) is 32.6 Å². The van der Waals surface area contributed by atoms with Gasteiger partial charge in [-0.2, -0.15) is 0 Å². The van der Waals surface area contributed by atoms with Crippen LogP contribution in [0.1, 0.15) is 36.8 Å². The monoisotopic (exact) mass is 435 g/mol. The molecular formula is C27H37N3O2. The predicted octanol–water partition coefficient (Wildman–Crippen LogP) is 5.29.